The number of rotatable bonds is 3. The minimum Gasteiger partial charge on any atom is -0.372 e. The maximum Gasteiger partial charge on any atom is 0.264 e. The van der Waals surface area contributed by atoms with Crippen LogP contribution in [0.15, 0.2) is 29.2 Å². The van der Waals surface area contributed by atoms with E-state index in [2.05, 4.69) is 4.90 Å². The van der Waals surface area contributed by atoms with E-state index in [1.807, 2.05) is 4.72 Å². The summed E-state index contributed by atoms with van der Waals surface area (Å²) in [5, 5.41) is 0. The summed E-state index contributed by atoms with van der Waals surface area (Å²) in [6.07, 6.45) is 2.35. The van der Waals surface area contributed by atoms with Crippen LogP contribution in [0.3, 0.4) is 0 Å². The van der Waals surface area contributed by atoms with Gasteiger partial charge in [0.2, 0.25) is 5.91 Å². The number of nitrogens with zero attached hydrogens (tertiary/aromatic N) is 1. The van der Waals surface area contributed by atoms with E-state index < -0.39 is 15.9 Å². The second-order valence-electron chi connectivity index (χ2n) is 4.35. The van der Waals surface area contributed by atoms with Gasteiger partial charge in [-0.25, -0.2) is 13.1 Å². The molecule has 98 valence electrons. The van der Waals surface area contributed by atoms with Crippen LogP contribution in [-0.4, -0.2) is 27.4 Å². The minimum atomic E-state index is -3.72. The van der Waals surface area contributed by atoms with Crippen LogP contribution < -0.4 is 9.62 Å². The predicted molar refractivity (Wildman–Crippen MR) is 68.9 cm³/mol. The van der Waals surface area contributed by atoms with Crippen LogP contribution in [0, 0.1) is 0 Å². The summed E-state index contributed by atoms with van der Waals surface area (Å²) in [7, 11) is -3.72. The van der Waals surface area contributed by atoms with E-state index >= 15 is 0 Å². The first-order chi connectivity index (χ1) is 8.49. The zero-order valence-corrected chi connectivity index (χ0v) is 11.0. The first-order valence-electron chi connectivity index (χ1n) is 5.87. The molecule has 1 amide bonds. The van der Waals surface area contributed by atoms with Crippen molar-refractivity contribution in [1.82, 2.24) is 4.72 Å². The van der Waals surface area contributed by atoms with Crippen molar-refractivity contribution in [3.63, 3.8) is 0 Å². The number of carbonyl (C=O) groups is 1. The van der Waals surface area contributed by atoms with Gasteiger partial charge in [-0.15, -0.1) is 0 Å². The highest BCUT2D eigenvalue weighted by atomic mass is 32.2. The summed E-state index contributed by atoms with van der Waals surface area (Å²) in [5.74, 6) is -0.585. The molecule has 6 heteroatoms. The summed E-state index contributed by atoms with van der Waals surface area (Å²) < 4.78 is 25.4. The van der Waals surface area contributed by atoms with Crippen LogP contribution in [0.25, 0.3) is 0 Å². The van der Waals surface area contributed by atoms with Gasteiger partial charge >= 0.3 is 0 Å². The number of benzene rings is 1. The standard InChI is InChI=1S/C12H16N2O3S/c1-10(15)13-18(16,17)12-6-4-11(5-7-12)14-8-2-3-9-14/h4-7H,2-3,8-9H2,1H3,(H,13,15). The number of anilines is 1. The summed E-state index contributed by atoms with van der Waals surface area (Å²) in [6, 6.07) is 6.61. The van der Waals surface area contributed by atoms with E-state index in [1.165, 1.54) is 31.9 Å². The van der Waals surface area contributed by atoms with E-state index in [0.717, 1.165) is 18.8 Å². The van der Waals surface area contributed by atoms with Gasteiger partial charge in [0.1, 0.15) is 0 Å². The fourth-order valence-corrected chi connectivity index (χ4v) is 3.05. The van der Waals surface area contributed by atoms with Crippen molar-refractivity contribution in [2.45, 2.75) is 24.7 Å². The number of hydrogen-bond donors (Lipinski definition) is 1. The van der Waals surface area contributed by atoms with Crippen LogP contribution in [0.2, 0.25) is 0 Å². The molecule has 1 saturated heterocycles. The lowest BCUT2D eigenvalue weighted by Crippen LogP contribution is -2.28. The molecule has 0 spiro atoms. The zero-order valence-electron chi connectivity index (χ0n) is 10.2. The molecule has 1 aromatic carbocycles. The average molecular weight is 268 g/mol. The van der Waals surface area contributed by atoms with Crippen LogP contribution in [0.5, 0.6) is 0 Å². The molecule has 0 radical (unpaired) electrons. The van der Waals surface area contributed by atoms with Crippen molar-refractivity contribution < 1.29 is 13.2 Å². The molecule has 1 N–H and O–H groups in total. The quantitative estimate of drug-likeness (QED) is 0.892. The molecule has 1 aliphatic heterocycles. The second-order valence-corrected chi connectivity index (χ2v) is 6.03. The Kier molecular flexibility index (Phi) is 3.56. The van der Waals surface area contributed by atoms with Crippen LogP contribution >= 0.6 is 0 Å². The molecule has 18 heavy (non-hydrogen) atoms. The third-order valence-electron chi connectivity index (χ3n) is 2.90. The largest absolute Gasteiger partial charge is 0.372 e. The van der Waals surface area contributed by atoms with Gasteiger partial charge in [-0.3, -0.25) is 4.79 Å². The molecule has 0 saturated carbocycles. The fraction of sp³-hybridized carbons (Fsp3) is 0.417. The first kappa shape index (κ1) is 12.9. The Balaban J connectivity index is 2.19. The van der Waals surface area contributed by atoms with Gasteiger partial charge in [0.05, 0.1) is 4.90 Å². The van der Waals surface area contributed by atoms with Crippen molar-refractivity contribution in [3.8, 4) is 0 Å². The van der Waals surface area contributed by atoms with Crippen molar-refractivity contribution >= 4 is 21.6 Å². The molecule has 1 heterocycles. The molecular weight excluding hydrogens is 252 g/mol. The van der Waals surface area contributed by atoms with Crippen molar-refractivity contribution in [3.05, 3.63) is 24.3 Å². The maximum absolute atomic E-state index is 11.7. The van der Waals surface area contributed by atoms with E-state index in [-0.39, 0.29) is 4.90 Å². The molecular formula is C12H16N2O3S. The van der Waals surface area contributed by atoms with Gasteiger partial charge in [0, 0.05) is 25.7 Å². The van der Waals surface area contributed by atoms with Gasteiger partial charge in [0.15, 0.2) is 0 Å². The van der Waals surface area contributed by atoms with Gasteiger partial charge in [-0.05, 0) is 37.1 Å². The Labute approximate surface area is 107 Å². The lowest BCUT2D eigenvalue weighted by Gasteiger charge is -2.17. The van der Waals surface area contributed by atoms with Gasteiger partial charge in [0.25, 0.3) is 10.0 Å². The Bertz CT molecular complexity index is 531. The number of nitrogens with one attached hydrogen (secondary N) is 1. The summed E-state index contributed by atoms with van der Waals surface area (Å²) in [5.41, 5.74) is 1.02. The van der Waals surface area contributed by atoms with Crippen LogP contribution in [-0.2, 0) is 14.8 Å². The summed E-state index contributed by atoms with van der Waals surface area (Å²) in [6.45, 7) is 3.20. The smallest absolute Gasteiger partial charge is 0.264 e. The number of sulfonamides is 1. The zero-order chi connectivity index (χ0) is 13.2. The van der Waals surface area contributed by atoms with Gasteiger partial charge in [-0.2, -0.15) is 0 Å². The molecule has 0 atom stereocenters. The molecule has 2 rings (SSSR count). The van der Waals surface area contributed by atoms with E-state index in [4.69, 9.17) is 0 Å². The average Bonchev–Trinajstić information content (AvgIpc) is 2.81. The Morgan fingerprint density at radius 3 is 2.22 bits per heavy atom. The van der Waals surface area contributed by atoms with Crippen molar-refractivity contribution in [2.75, 3.05) is 18.0 Å². The SMILES string of the molecule is CC(=O)NS(=O)(=O)c1ccc(N2CCCC2)cc1. The molecule has 0 unspecified atom stereocenters. The van der Waals surface area contributed by atoms with Crippen LogP contribution in [0.1, 0.15) is 19.8 Å². The molecule has 0 aromatic heterocycles. The lowest BCUT2D eigenvalue weighted by atomic mass is 10.3. The monoisotopic (exact) mass is 268 g/mol. The third kappa shape index (κ3) is 2.81. The fourth-order valence-electron chi connectivity index (χ4n) is 2.06. The number of hydrogen-bond acceptors (Lipinski definition) is 4. The predicted octanol–water partition coefficient (Wildman–Crippen LogP) is 1.11. The summed E-state index contributed by atoms with van der Waals surface area (Å²) in [4.78, 5) is 13.1. The van der Waals surface area contributed by atoms with Crippen LogP contribution in [0.4, 0.5) is 5.69 Å². The Hall–Kier alpha value is -1.56. The third-order valence-corrected chi connectivity index (χ3v) is 4.35. The molecule has 1 fully saturated rings. The highest BCUT2D eigenvalue weighted by Gasteiger charge is 2.17. The number of amides is 1. The lowest BCUT2D eigenvalue weighted by molar-refractivity contribution is -0.117. The molecule has 1 aliphatic rings. The minimum absolute atomic E-state index is 0.112. The second kappa shape index (κ2) is 4.97. The maximum atomic E-state index is 11.7. The van der Waals surface area contributed by atoms with Gasteiger partial charge in [-0.1, -0.05) is 0 Å². The van der Waals surface area contributed by atoms with E-state index in [0.29, 0.717) is 0 Å². The molecule has 0 bridgehead atoms. The first-order valence-corrected chi connectivity index (χ1v) is 7.36. The Morgan fingerprint density at radius 2 is 1.72 bits per heavy atom. The van der Waals surface area contributed by atoms with Crippen molar-refractivity contribution in [2.24, 2.45) is 0 Å². The Morgan fingerprint density at radius 1 is 1.17 bits per heavy atom. The number of carbonyl (C=O) groups excluding carboxylic acids is 1. The summed E-state index contributed by atoms with van der Waals surface area (Å²) >= 11 is 0. The molecule has 5 nitrogen and oxygen atoms in total. The van der Waals surface area contributed by atoms with E-state index in [1.54, 1.807) is 12.1 Å². The van der Waals surface area contributed by atoms with Crippen molar-refractivity contribution in [1.29, 1.82) is 0 Å². The highest BCUT2D eigenvalue weighted by Crippen LogP contribution is 2.21. The normalized spacial score (nSPS) is 15.7. The molecule has 0 aliphatic carbocycles. The highest BCUT2D eigenvalue weighted by molar-refractivity contribution is 7.90. The van der Waals surface area contributed by atoms with E-state index in [9.17, 15) is 13.2 Å². The van der Waals surface area contributed by atoms with Gasteiger partial charge < -0.3 is 4.90 Å². The molecule has 1 aromatic rings. The topological polar surface area (TPSA) is 66.5 Å².